The number of nitrogens with zero attached hydrogens (tertiary/aromatic N) is 1. The molecular weight excluding hydrogens is 186 g/mol. The number of amides is 1. The largest absolute Gasteiger partial charge is 0.480 e. The predicted octanol–water partition coefficient (Wildman–Crippen LogP) is -1.78. The number of carboxylic acid groups (broad SMARTS) is 1. The van der Waals surface area contributed by atoms with E-state index in [2.05, 4.69) is 5.32 Å². The summed E-state index contributed by atoms with van der Waals surface area (Å²) in [5.74, 6) is -0.995. The molecule has 80 valence electrons. The normalized spacial score (nSPS) is 21.1. The summed E-state index contributed by atoms with van der Waals surface area (Å²) in [4.78, 5) is 23.3. The zero-order valence-electron chi connectivity index (χ0n) is 7.90. The summed E-state index contributed by atoms with van der Waals surface area (Å²) >= 11 is 0. The molecule has 0 spiro atoms. The molecule has 1 heterocycles. The third kappa shape index (κ3) is 3.31. The second-order valence-corrected chi connectivity index (χ2v) is 3.35. The fraction of sp³-hybridized carbons (Fsp3) is 0.750. The SMILES string of the molecule is NC(CN1CCNC(=O)CC1)C(=O)O. The van der Waals surface area contributed by atoms with Crippen molar-refractivity contribution in [3.63, 3.8) is 0 Å². The molecule has 1 fully saturated rings. The molecule has 0 bridgehead atoms. The third-order valence-electron chi connectivity index (χ3n) is 2.18. The molecule has 0 radical (unpaired) electrons. The van der Waals surface area contributed by atoms with Crippen molar-refractivity contribution in [1.29, 1.82) is 0 Å². The van der Waals surface area contributed by atoms with Crippen LogP contribution in [0.3, 0.4) is 0 Å². The minimum Gasteiger partial charge on any atom is -0.480 e. The summed E-state index contributed by atoms with van der Waals surface area (Å²) in [7, 11) is 0. The van der Waals surface area contributed by atoms with Gasteiger partial charge in [-0.2, -0.15) is 0 Å². The van der Waals surface area contributed by atoms with Crippen molar-refractivity contribution >= 4 is 11.9 Å². The Morgan fingerprint density at radius 1 is 1.64 bits per heavy atom. The Labute approximate surface area is 82.1 Å². The number of aliphatic carboxylic acids is 1. The van der Waals surface area contributed by atoms with Crippen LogP contribution in [0.2, 0.25) is 0 Å². The van der Waals surface area contributed by atoms with Crippen molar-refractivity contribution in [2.75, 3.05) is 26.2 Å². The van der Waals surface area contributed by atoms with Gasteiger partial charge in [0.25, 0.3) is 0 Å². The number of rotatable bonds is 3. The first kappa shape index (κ1) is 10.9. The molecule has 0 saturated carbocycles. The molecule has 1 aliphatic rings. The molecule has 14 heavy (non-hydrogen) atoms. The van der Waals surface area contributed by atoms with Gasteiger partial charge in [-0.15, -0.1) is 0 Å². The molecule has 1 unspecified atom stereocenters. The molecule has 4 N–H and O–H groups in total. The van der Waals surface area contributed by atoms with Crippen LogP contribution in [-0.2, 0) is 9.59 Å². The summed E-state index contributed by atoms with van der Waals surface area (Å²) in [6.07, 6.45) is 0.409. The number of carbonyl (C=O) groups excluding carboxylic acids is 1. The van der Waals surface area contributed by atoms with Gasteiger partial charge < -0.3 is 16.2 Å². The molecule has 0 aromatic rings. The summed E-state index contributed by atoms with van der Waals surface area (Å²) < 4.78 is 0. The first-order valence-electron chi connectivity index (χ1n) is 4.57. The van der Waals surface area contributed by atoms with Gasteiger partial charge in [0.15, 0.2) is 0 Å². The van der Waals surface area contributed by atoms with Crippen molar-refractivity contribution < 1.29 is 14.7 Å². The first-order chi connectivity index (χ1) is 6.59. The molecule has 1 atom stereocenters. The van der Waals surface area contributed by atoms with Crippen molar-refractivity contribution in [3.05, 3.63) is 0 Å². The van der Waals surface area contributed by atoms with Crippen LogP contribution in [0.25, 0.3) is 0 Å². The van der Waals surface area contributed by atoms with Crippen LogP contribution < -0.4 is 11.1 Å². The monoisotopic (exact) mass is 201 g/mol. The van der Waals surface area contributed by atoms with E-state index < -0.39 is 12.0 Å². The second-order valence-electron chi connectivity index (χ2n) is 3.35. The lowest BCUT2D eigenvalue weighted by Crippen LogP contribution is -2.43. The summed E-state index contributed by atoms with van der Waals surface area (Å²) in [5.41, 5.74) is 5.39. The Morgan fingerprint density at radius 2 is 2.36 bits per heavy atom. The van der Waals surface area contributed by atoms with E-state index in [1.54, 1.807) is 0 Å². The average Bonchev–Trinajstić information content (AvgIpc) is 2.31. The van der Waals surface area contributed by atoms with Crippen LogP contribution >= 0.6 is 0 Å². The molecule has 0 aromatic heterocycles. The number of carboxylic acids is 1. The fourth-order valence-electron chi connectivity index (χ4n) is 1.35. The number of carbonyl (C=O) groups is 2. The van der Waals surface area contributed by atoms with E-state index in [0.29, 0.717) is 32.6 Å². The van der Waals surface area contributed by atoms with Gasteiger partial charge in [0.2, 0.25) is 5.91 Å². The number of hydrogen-bond donors (Lipinski definition) is 3. The second kappa shape index (κ2) is 4.92. The van der Waals surface area contributed by atoms with E-state index in [-0.39, 0.29) is 5.91 Å². The Morgan fingerprint density at radius 3 is 3.00 bits per heavy atom. The first-order valence-corrected chi connectivity index (χ1v) is 4.57. The fourth-order valence-corrected chi connectivity index (χ4v) is 1.35. The van der Waals surface area contributed by atoms with Crippen LogP contribution in [0.15, 0.2) is 0 Å². The van der Waals surface area contributed by atoms with Crippen molar-refractivity contribution in [3.8, 4) is 0 Å². The number of nitrogens with two attached hydrogens (primary N) is 1. The zero-order valence-corrected chi connectivity index (χ0v) is 7.90. The van der Waals surface area contributed by atoms with E-state index in [0.717, 1.165) is 0 Å². The molecular formula is C8H15N3O3. The number of hydrogen-bond acceptors (Lipinski definition) is 4. The highest BCUT2D eigenvalue weighted by molar-refractivity contribution is 5.76. The Hall–Kier alpha value is -1.14. The van der Waals surface area contributed by atoms with Crippen molar-refractivity contribution in [2.24, 2.45) is 5.73 Å². The van der Waals surface area contributed by atoms with E-state index in [9.17, 15) is 9.59 Å². The average molecular weight is 201 g/mol. The Bertz CT molecular complexity index is 232. The highest BCUT2D eigenvalue weighted by atomic mass is 16.4. The molecule has 1 saturated heterocycles. The predicted molar refractivity (Wildman–Crippen MR) is 49.7 cm³/mol. The van der Waals surface area contributed by atoms with Gasteiger partial charge in [-0.05, 0) is 0 Å². The van der Waals surface area contributed by atoms with Crippen LogP contribution in [0.1, 0.15) is 6.42 Å². The maximum absolute atomic E-state index is 11.0. The van der Waals surface area contributed by atoms with Gasteiger partial charge in [-0.1, -0.05) is 0 Å². The zero-order chi connectivity index (χ0) is 10.6. The Kier molecular flexibility index (Phi) is 3.84. The van der Waals surface area contributed by atoms with Gasteiger partial charge in [-0.3, -0.25) is 14.5 Å². The molecule has 6 heteroatoms. The van der Waals surface area contributed by atoms with Gasteiger partial charge in [0.1, 0.15) is 6.04 Å². The topological polar surface area (TPSA) is 95.7 Å². The minimum atomic E-state index is -1.01. The Balaban J connectivity index is 2.37. The van der Waals surface area contributed by atoms with E-state index >= 15 is 0 Å². The van der Waals surface area contributed by atoms with Gasteiger partial charge in [-0.25, -0.2) is 0 Å². The van der Waals surface area contributed by atoms with Crippen LogP contribution in [-0.4, -0.2) is 54.1 Å². The summed E-state index contributed by atoms with van der Waals surface area (Å²) in [6, 6.07) is -0.872. The van der Waals surface area contributed by atoms with Crippen molar-refractivity contribution in [2.45, 2.75) is 12.5 Å². The molecule has 1 rings (SSSR count). The molecule has 6 nitrogen and oxygen atoms in total. The van der Waals surface area contributed by atoms with Crippen LogP contribution in [0.4, 0.5) is 0 Å². The molecule has 1 amide bonds. The smallest absolute Gasteiger partial charge is 0.321 e. The standard InChI is InChI=1S/C8H15N3O3/c9-6(8(13)14)5-11-3-1-7(12)10-2-4-11/h6H,1-5,9H2,(H,10,12)(H,13,14). The van der Waals surface area contributed by atoms with Gasteiger partial charge >= 0.3 is 5.97 Å². The lowest BCUT2D eigenvalue weighted by Gasteiger charge is -2.20. The molecule has 0 aromatic carbocycles. The third-order valence-corrected chi connectivity index (χ3v) is 2.18. The van der Waals surface area contributed by atoms with Crippen LogP contribution in [0, 0.1) is 0 Å². The minimum absolute atomic E-state index is 0.0106. The quantitative estimate of drug-likeness (QED) is 0.501. The lowest BCUT2D eigenvalue weighted by atomic mass is 10.3. The summed E-state index contributed by atoms with van der Waals surface area (Å²) in [5, 5.41) is 11.3. The highest BCUT2D eigenvalue weighted by Crippen LogP contribution is 1.97. The van der Waals surface area contributed by atoms with Crippen molar-refractivity contribution in [1.82, 2.24) is 10.2 Å². The highest BCUT2D eigenvalue weighted by Gasteiger charge is 2.19. The van der Waals surface area contributed by atoms with E-state index in [1.165, 1.54) is 0 Å². The number of nitrogens with one attached hydrogen (secondary N) is 1. The summed E-state index contributed by atoms with van der Waals surface area (Å²) in [6.45, 7) is 2.09. The van der Waals surface area contributed by atoms with Gasteiger partial charge in [0, 0.05) is 32.6 Å². The van der Waals surface area contributed by atoms with E-state index in [1.807, 2.05) is 4.90 Å². The van der Waals surface area contributed by atoms with E-state index in [4.69, 9.17) is 10.8 Å². The maximum atomic E-state index is 11.0. The molecule has 1 aliphatic heterocycles. The van der Waals surface area contributed by atoms with Gasteiger partial charge in [0.05, 0.1) is 0 Å². The van der Waals surface area contributed by atoms with Crippen LogP contribution in [0.5, 0.6) is 0 Å². The lowest BCUT2D eigenvalue weighted by molar-refractivity contribution is -0.139. The molecule has 0 aliphatic carbocycles. The maximum Gasteiger partial charge on any atom is 0.321 e.